The quantitative estimate of drug-likeness (QED) is 0.728. The number of hydrogen-bond acceptors (Lipinski definition) is 3. The van der Waals surface area contributed by atoms with Gasteiger partial charge in [0.25, 0.3) is 0 Å². The topological polar surface area (TPSA) is 43.8 Å². The molecule has 0 aromatic carbocycles. The van der Waals surface area contributed by atoms with Crippen LogP contribution in [0.4, 0.5) is 0 Å². The number of likely N-dealkylation sites (N-methyl/N-ethyl adjacent to an activating group) is 1. The van der Waals surface area contributed by atoms with Gasteiger partial charge in [-0.05, 0) is 18.8 Å². The van der Waals surface area contributed by atoms with Crippen LogP contribution >= 0.6 is 0 Å². The maximum Gasteiger partial charge on any atom is 0.236 e. The molecule has 0 bridgehead atoms. The molecule has 0 radical (unpaired) electrons. The Labute approximate surface area is 91.9 Å². The van der Waals surface area contributed by atoms with Crippen LogP contribution in [-0.4, -0.2) is 60.6 Å². The molecule has 0 aromatic rings. The summed E-state index contributed by atoms with van der Waals surface area (Å²) in [4.78, 5) is 15.3. The average molecular weight is 214 g/mol. The second-order valence-corrected chi connectivity index (χ2v) is 4.55. The molecule has 1 fully saturated rings. The molecular formula is C11H22N2O2. The van der Waals surface area contributed by atoms with Gasteiger partial charge >= 0.3 is 0 Å². The van der Waals surface area contributed by atoms with Gasteiger partial charge in [0.1, 0.15) is 0 Å². The number of carbonyl (C=O) groups excluding carboxylic acids is 1. The first-order valence-corrected chi connectivity index (χ1v) is 5.65. The van der Waals surface area contributed by atoms with E-state index in [2.05, 4.69) is 11.8 Å². The van der Waals surface area contributed by atoms with E-state index in [-0.39, 0.29) is 12.0 Å². The summed E-state index contributed by atoms with van der Waals surface area (Å²) in [5, 5.41) is 9.71. The summed E-state index contributed by atoms with van der Waals surface area (Å²) in [5.74, 6) is 0.468. The molecule has 2 atom stereocenters. The van der Waals surface area contributed by atoms with Crippen molar-refractivity contribution >= 4 is 5.91 Å². The maximum atomic E-state index is 11.5. The molecule has 0 spiro atoms. The van der Waals surface area contributed by atoms with E-state index in [9.17, 15) is 9.90 Å². The molecule has 1 heterocycles. The lowest BCUT2D eigenvalue weighted by atomic mass is 9.92. The molecule has 0 aliphatic carbocycles. The lowest BCUT2D eigenvalue weighted by Crippen LogP contribution is -2.46. The zero-order valence-electron chi connectivity index (χ0n) is 9.94. The number of carbonyl (C=O) groups is 1. The van der Waals surface area contributed by atoms with Gasteiger partial charge in [0.05, 0.1) is 12.6 Å². The Morgan fingerprint density at radius 1 is 1.53 bits per heavy atom. The number of likely N-dealkylation sites (tertiary alicyclic amines) is 1. The smallest absolute Gasteiger partial charge is 0.236 e. The normalized spacial score (nSPS) is 27.7. The largest absolute Gasteiger partial charge is 0.393 e. The van der Waals surface area contributed by atoms with Crippen molar-refractivity contribution in [2.24, 2.45) is 5.92 Å². The van der Waals surface area contributed by atoms with Gasteiger partial charge in [-0.3, -0.25) is 9.69 Å². The first-order valence-electron chi connectivity index (χ1n) is 5.65. The van der Waals surface area contributed by atoms with Crippen molar-refractivity contribution < 1.29 is 9.90 Å². The number of nitrogens with zero attached hydrogens (tertiary/aromatic N) is 2. The Hall–Kier alpha value is -0.610. The van der Waals surface area contributed by atoms with Crippen molar-refractivity contribution in [3.8, 4) is 0 Å². The highest BCUT2D eigenvalue weighted by Crippen LogP contribution is 2.19. The number of rotatable bonds is 3. The minimum Gasteiger partial charge on any atom is -0.393 e. The fraction of sp³-hybridized carbons (Fsp3) is 0.909. The van der Waals surface area contributed by atoms with Gasteiger partial charge in [0.2, 0.25) is 5.91 Å². The molecule has 4 heteroatoms. The number of piperidine rings is 1. The summed E-state index contributed by atoms with van der Waals surface area (Å²) in [5.41, 5.74) is 0. The molecule has 0 aromatic heterocycles. The first kappa shape index (κ1) is 12.5. The third-order valence-electron chi connectivity index (χ3n) is 3.16. The van der Waals surface area contributed by atoms with E-state index in [1.54, 1.807) is 19.0 Å². The predicted octanol–water partition coefficient (Wildman–Crippen LogP) is 0.167. The highest BCUT2D eigenvalue weighted by molar-refractivity contribution is 5.77. The zero-order chi connectivity index (χ0) is 11.4. The van der Waals surface area contributed by atoms with E-state index in [0.29, 0.717) is 12.5 Å². The third-order valence-corrected chi connectivity index (χ3v) is 3.16. The van der Waals surface area contributed by atoms with Crippen LogP contribution in [0.1, 0.15) is 19.8 Å². The van der Waals surface area contributed by atoms with E-state index < -0.39 is 0 Å². The van der Waals surface area contributed by atoms with Gasteiger partial charge in [0.15, 0.2) is 0 Å². The molecule has 1 N–H and O–H groups in total. The van der Waals surface area contributed by atoms with Crippen molar-refractivity contribution in [2.45, 2.75) is 25.9 Å². The van der Waals surface area contributed by atoms with Crippen LogP contribution in [0.5, 0.6) is 0 Å². The Balaban J connectivity index is 2.41. The Bertz CT molecular complexity index is 219. The van der Waals surface area contributed by atoms with E-state index in [1.807, 2.05) is 0 Å². The number of aliphatic hydroxyl groups excluding tert-OH is 1. The molecular weight excluding hydrogens is 192 g/mol. The fourth-order valence-electron chi connectivity index (χ4n) is 1.97. The summed E-state index contributed by atoms with van der Waals surface area (Å²) in [6.07, 6.45) is 1.59. The van der Waals surface area contributed by atoms with Crippen LogP contribution in [0, 0.1) is 5.92 Å². The Morgan fingerprint density at radius 3 is 2.73 bits per heavy atom. The highest BCUT2D eigenvalue weighted by atomic mass is 16.3. The standard InChI is InChI=1S/C11H22N2O2/c1-4-9-7-13(6-5-10(9)14)8-11(15)12(2)3/h9-10,14H,4-8H2,1-3H3. The predicted molar refractivity (Wildman–Crippen MR) is 59.5 cm³/mol. The molecule has 4 nitrogen and oxygen atoms in total. The number of hydrogen-bond donors (Lipinski definition) is 1. The summed E-state index contributed by atoms with van der Waals surface area (Å²) >= 11 is 0. The number of aliphatic hydroxyl groups is 1. The maximum absolute atomic E-state index is 11.5. The summed E-state index contributed by atoms with van der Waals surface area (Å²) in [7, 11) is 3.55. The SMILES string of the molecule is CCC1CN(CC(=O)N(C)C)CCC1O. The van der Waals surface area contributed by atoms with E-state index in [1.165, 1.54) is 0 Å². The van der Waals surface area contributed by atoms with Crippen molar-refractivity contribution in [1.29, 1.82) is 0 Å². The fourth-order valence-corrected chi connectivity index (χ4v) is 1.97. The zero-order valence-corrected chi connectivity index (χ0v) is 9.94. The van der Waals surface area contributed by atoms with Crippen LogP contribution in [0.3, 0.4) is 0 Å². The van der Waals surface area contributed by atoms with Crippen LogP contribution in [0.25, 0.3) is 0 Å². The molecule has 1 rings (SSSR count). The Kier molecular flexibility index (Phi) is 4.54. The number of amides is 1. The average Bonchev–Trinajstić information content (AvgIpc) is 2.20. The second kappa shape index (κ2) is 5.47. The minimum atomic E-state index is -0.180. The Morgan fingerprint density at radius 2 is 2.20 bits per heavy atom. The molecule has 2 unspecified atom stereocenters. The third kappa shape index (κ3) is 3.47. The monoisotopic (exact) mass is 214 g/mol. The van der Waals surface area contributed by atoms with Crippen molar-refractivity contribution in [3.05, 3.63) is 0 Å². The van der Waals surface area contributed by atoms with Gasteiger partial charge in [0, 0.05) is 27.2 Å². The molecule has 1 saturated heterocycles. The molecule has 1 aliphatic rings. The lowest BCUT2D eigenvalue weighted by molar-refractivity contribution is -0.130. The van der Waals surface area contributed by atoms with Gasteiger partial charge in [-0.1, -0.05) is 6.92 Å². The van der Waals surface area contributed by atoms with Crippen molar-refractivity contribution in [1.82, 2.24) is 9.80 Å². The molecule has 1 aliphatic heterocycles. The molecule has 88 valence electrons. The van der Waals surface area contributed by atoms with Crippen LogP contribution < -0.4 is 0 Å². The highest BCUT2D eigenvalue weighted by Gasteiger charge is 2.27. The molecule has 0 saturated carbocycles. The van der Waals surface area contributed by atoms with Gasteiger partial charge < -0.3 is 10.0 Å². The first-order chi connectivity index (χ1) is 7.04. The van der Waals surface area contributed by atoms with E-state index in [4.69, 9.17) is 0 Å². The van der Waals surface area contributed by atoms with E-state index in [0.717, 1.165) is 25.9 Å². The van der Waals surface area contributed by atoms with Gasteiger partial charge in [-0.25, -0.2) is 0 Å². The van der Waals surface area contributed by atoms with Gasteiger partial charge in [-0.15, -0.1) is 0 Å². The van der Waals surface area contributed by atoms with Crippen LogP contribution in [-0.2, 0) is 4.79 Å². The summed E-state index contributed by atoms with van der Waals surface area (Å²) in [6.45, 7) is 4.25. The lowest BCUT2D eigenvalue weighted by Gasteiger charge is -2.35. The second-order valence-electron chi connectivity index (χ2n) is 4.55. The van der Waals surface area contributed by atoms with Crippen LogP contribution in [0.15, 0.2) is 0 Å². The summed E-state index contributed by atoms with van der Waals surface area (Å²) in [6, 6.07) is 0. The molecule has 1 amide bonds. The summed E-state index contributed by atoms with van der Waals surface area (Å²) < 4.78 is 0. The minimum absolute atomic E-state index is 0.140. The van der Waals surface area contributed by atoms with Crippen molar-refractivity contribution in [3.63, 3.8) is 0 Å². The van der Waals surface area contributed by atoms with E-state index >= 15 is 0 Å². The van der Waals surface area contributed by atoms with Gasteiger partial charge in [-0.2, -0.15) is 0 Å². The van der Waals surface area contributed by atoms with Crippen LogP contribution in [0.2, 0.25) is 0 Å². The molecule has 15 heavy (non-hydrogen) atoms. The van der Waals surface area contributed by atoms with Crippen molar-refractivity contribution in [2.75, 3.05) is 33.7 Å².